The first-order valence-electron chi connectivity index (χ1n) is 7.24. The van der Waals surface area contributed by atoms with Crippen LogP contribution < -0.4 is 10.1 Å². The molecule has 1 aliphatic rings. The van der Waals surface area contributed by atoms with Crippen molar-refractivity contribution in [3.8, 4) is 5.75 Å². The van der Waals surface area contributed by atoms with Gasteiger partial charge in [-0.1, -0.05) is 32.0 Å². The molecule has 1 aromatic rings. The van der Waals surface area contributed by atoms with Crippen molar-refractivity contribution >= 4 is 0 Å². The monoisotopic (exact) mass is 279 g/mol. The number of hydrogen-bond donors (Lipinski definition) is 2. The summed E-state index contributed by atoms with van der Waals surface area (Å²) in [4.78, 5) is 0. The van der Waals surface area contributed by atoms with Gasteiger partial charge in [-0.25, -0.2) is 0 Å². The molecule has 4 heteroatoms. The average Bonchev–Trinajstić information content (AvgIpc) is 2.48. The fourth-order valence-electron chi connectivity index (χ4n) is 2.73. The Morgan fingerprint density at radius 3 is 2.80 bits per heavy atom. The number of nitrogens with one attached hydrogen (secondary N) is 1. The van der Waals surface area contributed by atoms with Gasteiger partial charge in [0.1, 0.15) is 5.75 Å². The molecule has 1 saturated heterocycles. The number of para-hydroxylation sites is 1. The molecule has 0 spiro atoms. The summed E-state index contributed by atoms with van der Waals surface area (Å²) in [5.74, 6) is 0.910. The second kappa shape index (κ2) is 6.57. The molecule has 1 heterocycles. The number of methoxy groups -OCH3 is 1. The van der Waals surface area contributed by atoms with E-state index in [1.165, 1.54) is 0 Å². The molecule has 0 amide bonds. The molecular weight excluding hydrogens is 254 g/mol. The highest BCUT2D eigenvalue weighted by Crippen LogP contribution is 2.32. The zero-order valence-corrected chi connectivity index (χ0v) is 12.6. The van der Waals surface area contributed by atoms with Crippen molar-refractivity contribution in [1.29, 1.82) is 0 Å². The number of aliphatic hydroxyl groups is 1. The van der Waals surface area contributed by atoms with Crippen molar-refractivity contribution < 1.29 is 14.6 Å². The Kier molecular flexibility index (Phi) is 5.02. The van der Waals surface area contributed by atoms with Crippen LogP contribution in [0.15, 0.2) is 24.3 Å². The van der Waals surface area contributed by atoms with Gasteiger partial charge in [0.25, 0.3) is 0 Å². The summed E-state index contributed by atoms with van der Waals surface area (Å²) < 4.78 is 11.2. The summed E-state index contributed by atoms with van der Waals surface area (Å²) in [5, 5.41) is 14.5. The quantitative estimate of drug-likeness (QED) is 0.860. The van der Waals surface area contributed by atoms with E-state index >= 15 is 0 Å². The Bertz CT molecular complexity index is 429. The molecule has 2 unspecified atom stereocenters. The fraction of sp³-hybridized carbons (Fsp3) is 0.625. The Hall–Kier alpha value is -1.10. The van der Waals surface area contributed by atoms with Gasteiger partial charge in [0.2, 0.25) is 0 Å². The predicted octanol–water partition coefficient (Wildman–Crippen LogP) is 1.61. The van der Waals surface area contributed by atoms with Crippen molar-refractivity contribution in [1.82, 2.24) is 5.32 Å². The van der Waals surface area contributed by atoms with Crippen LogP contribution in [0, 0.1) is 5.92 Å². The van der Waals surface area contributed by atoms with Crippen LogP contribution in [0.2, 0.25) is 0 Å². The third-order valence-electron chi connectivity index (χ3n) is 4.15. The number of hydrogen-bond acceptors (Lipinski definition) is 4. The molecule has 0 bridgehead atoms. The first-order valence-corrected chi connectivity index (χ1v) is 7.24. The van der Waals surface area contributed by atoms with Crippen LogP contribution in [0.3, 0.4) is 0 Å². The molecule has 2 rings (SSSR count). The summed E-state index contributed by atoms with van der Waals surface area (Å²) in [6.07, 6.45) is 0.335. The van der Waals surface area contributed by atoms with E-state index in [-0.39, 0.29) is 12.0 Å². The van der Waals surface area contributed by atoms with Crippen LogP contribution in [0.4, 0.5) is 0 Å². The molecule has 1 aliphatic heterocycles. The molecule has 0 saturated carbocycles. The van der Waals surface area contributed by atoms with E-state index in [1.807, 2.05) is 38.1 Å². The molecule has 0 aromatic heterocycles. The third-order valence-corrected chi connectivity index (χ3v) is 4.15. The molecule has 2 atom stereocenters. The lowest BCUT2D eigenvalue weighted by Gasteiger charge is -2.41. The van der Waals surface area contributed by atoms with Crippen LogP contribution in [0.1, 0.15) is 19.4 Å². The Labute approximate surface area is 121 Å². The number of ether oxygens (including phenoxy) is 2. The van der Waals surface area contributed by atoms with Crippen molar-refractivity contribution in [2.24, 2.45) is 5.92 Å². The van der Waals surface area contributed by atoms with E-state index in [0.29, 0.717) is 19.6 Å². The van der Waals surface area contributed by atoms with Gasteiger partial charge in [0.15, 0.2) is 0 Å². The minimum Gasteiger partial charge on any atom is -0.496 e. The first-order chi connectivity index (χ1) is 9.58. The third kappa shape index (κ3) is 3.14. The lowest BCUT2D eigenvalue weighted by Crippen LogP contribution is -2.57. The Morgan fingerprint density at radius 1 is 1.45 bits per heavy atom. The summed E-state index contributed by atoms with van der Waals surface area (Å²) in [7, 11) is 1.66. The lowest BCUT2D eigenvalue weighted by atomic mass is 9.79. The second-order valence-corrected chi connectivity index (χ2v) is 5.70. The highest BCUT2D eigenvalue weighted by atomic mass is 16.5. The van der Waals surface area contributed by atoms with E-state index in [1.54, 1.807) is 7.11 Å². The van der Waals surface area contributed by atoms with E-state index < -0.39 is 5.60 Å². The second-order valence-electron chi connectivity index (χ2n) is 5.70. The van der Waals surface area contributed by atoms with Crippen LogP contribution in [0.5, 0.6) is 5.75 Å². The normalized spacial score (nSPS) is 22.6. The zero-order valence-electron chi connectivity index (χ0n) is 12.6. The van der Waals surface area contributed by atoms with Gasteiger partial charge in [-0.3, -0.25) is 0 Å². The summed E-state index contributed by atoms with van der Waals surface area (Å²) in [6.45, 7) is 6.25. The van der Waals surface area contributed by atoms with E-state index in [4.69, 9.17) is 9.47 Å². The van der Waals surface area contributed by atoms with Gasteiger partial charge in [-0.2, -0.15) is 0 Å². The van der Waals surface area contributed by atoms with E-state index in [2.05, 4.69) is 5.32 Å². The van der Waals surface area contributed by atoms with Gasteiger partial charge in [0.05, 0.1) is 25.4 Å². The minimum atomic E-state index is -0.901. The molecular formula is C16H25NO3. The smallest absolute Gasteiger partial charge is 0.122 e. The van der Waals surface area contributed by atoms with Gasteiger partial charge in [-0.15, -0.1) is 0 Å². The SMILES string of the molecule is COc1ccccc1CC(O)(C(C)C)C1CNCCO1. The van der Waals surface area contributed by atoms with Crippen molar-refractivity contribution in [3.05, 3.63) is 29.8 Å². The molecule has 0 radical (unpaired) electrons. The van der Waals surface area contributed by atoms with Gasteiger partial charge >= 0.3 is 0 Å². The van der Waals surface area contributed by atoms with E-state index in [0.717, 1.165) is 17.9 Å². The number of benzene rings is 1. The zero-order chi connectivity index (χ0) is 14.6. The van der Waals surface area contributed by atoms with Gasteiger partial charge in [0, 0.05) is 19.5 Å². The Morgan fingerprint density at radius 2 is 2.20 bits per heavy atom. The average molecular weight is 279 g/mol. The van der Waals surface area contributed by atoms with Crippen molar-refractivity contribution in [2.45, 2.75) is 32.0 Å². The maximum Gasteiger partial charge on any atom is 0.122 e. The summed E-state index contributed by atoms with van der Waals surface area (Å²) >= 11 is 0. The van der Waals surface area contributed by atoms with Gasteiger partial charge in [-0.05, 0) is 17.5 Å². The van der Waals surface area contributed by atoms with Crippen LogP contribution in [-0.2, 0) is 11.2 Å². The Balaban J connectivity index is 2.24. The standard InChI is InChI=1S/C16H25NO3/c1-12(2)16(18,15-11-17-8-9-20-15)10-13-6-4-5-7-14(13)19-3/h4-7,12,15,17-18H,8-11H2,1-3H3. The lowest BCUT2D eigenvalue weighted by molar-refractivity contribution is -0.141. The molecule has 1 aromatic carbocycles. The number of morpholine rings is 1. The fourth-order valence-corrected chi connectivity index (χ4v) is 2.73. The maximum absolute atomic E-state index is 11.2. The molecule has 0 aliphatic carbocycles. The van der Waals surface area contributed by atoms with Crippen LogP contribution >= 0.6 is 0 Å². The van der Waals surface area contributed by atoms with Gasteiger partial charge < -0.3 is 19.9 Å². The highest BCUT2D eigenvalue weighted by Gasteiger charge is 2.42. The summed E-state index contributed by atoms with van der Waals surface area (Å²) in [6, 6.07) is 7.84. The topological polar surface area (TPSA) is 50.7 Å². The predicted molar refractivity (Wildman–Crippen MR) is 79.1 cm³/mol. The molecule has 1 fully saturated rings. The highest BCUT2D eigenvalue weighted by molar-refractivity contribution is 5.34. The molecule has 112 valence electrons. The van der Waals surface area contributed by atoms with Crippen molar-refractivity contribution in [2.75, 3.05) is 26.8 Å². The first kappa shape index (κ1) is 15.3. The minimum absolute atomic E-state index is 0.0947. The number of rotatable bonds is 5. The summed E-state index contributed by atoms with van der Waals surface area (Å²) in [5.41, 5.74) is 0.113. The van der Waals surface area contributed by atoms with Crippen LogP contribution in [-0.4, -0.2) is 43.6 Å². The largest absolute Gasteiger partial charge is 0.496 e. The molecule has 2 N–H and O–H groups in total. The van der Waals surface area contributed by atoms with Crippen LogP contribution in [0.25, 0.3) is 0 Å². The molecule has 4 nitrogen and oxygen atoms in total. The van der Waals surface area contributed by atoms with Crippen molar-refractivity contribution in [3.63, 3.8) is 0 Å². The maximum atomic E-state index is 11.2. The molecule has 20 heavy (non-hydrogen) atoms. The van der Waals surface area contributed by atoms with E-state index in [9.17, 15) is 5.11 Å².